The number of carbonyl (C=O) groups is 1. The quantitative estimate of drug-likeness (QED) is 0.794. The molecule has 0 bridgehead atoms. The monoisotopic (exact) mass is 318 g/mol. The standard InChI is InChI=1S/C17H19FN2OS/c1-2-22-12-9-16(21)20-17(14-7-10-19-11-8-14)13-3-5-15(18)6-4-13/h3-8,10-11,17H,2,9,12H2,1H3,(H,20,21). The molecule has 0 aliphatic heterocycles. The van der Waals surface area contributed by atoms with Gasteiger partial charge in [0.05, 0.1) is 6.04 Å². The molecule has 0 radical (unpaired) electrons. The number of carbonyl (C=O) groups excluding carboxylic acids is 1. The Morgan fingerprint density at radius 1 is 1.18 bits per heavy atom. The van der Waals surface area contributed by atoms with Crippen LogP contribution in [-0.2, 0) is 4.79 Å². The minimum absolute atomic E-state index is 0.00733. The Labute approximate surface area is 134 Å². The van der Waals surface area contributed by atoms with Gasteiger partial charge in [0.1, 0.15) is 5.82 Å². The number of nitrogens with zero attached hydrogens (tertiary/aromatic N) is 1. The first-order valence-corrected chi connectivity index (χ1v) is 8.38. The van der Waals surface area contributed by atoms with Crippen LogP contribution < -0.4 is 5.32 Å². The first-order valence-electron chi connectivity index (χ1n) is 7.23. The maximum absolute atomic E-state index is 13.1. The summed E-state index contributed by atoms with van der Waals surface area (Å²) >= 11 is 1.74. The molecule has 0 spiro atoms. The van der Waals surface area contributed by atoms with Gasteiger partial charge in [-0.1, -0.05) is 19.1 Å². The number of thioether (sulfide) groups is 1. The number of halogens is 1. The summed E-state index contributed by atoms with van der Waals surface area (Å²) in [6.45, 7) is 2.07. The lowest BCUT2D eigenvalue weighted by Crippen LogP contribution is -2.29. The number of hydrogen-bond acceptors (Lipinski definition) is 3. The average molecular weight is 318 g/mol. The van der Waals surface area contributed by atoms with Gasteiger partial charge >= 0.3 is 0 Å². The second-order valence-electron chi connectivity index (χ2n) is 4.78. The van der Waals surface area contributed by atoms with Crippen LogP contribution in [0, 0.1) is 5.82 Å². The van der Waals surface area contributed by atoms with Crippen molar-refractivity contribution in [3.8, 4) is 0 Å². The zero-order valence-electron chi connectivity index (χ0n) is 12.5. The highest BCUT2D eigenvalue weighted by Crippen LogP contribution is 2.22. The fourth-order valence-corrected chi connectivity index (χ4v) is 2.73. The second-order valence-corrected chi connectivity index (χ2v) is 6.17. The normalized spacial score (nSPS) is 11.9. The molecule has 0 fully saturated rings. The number of pyridine rings is 1. The van der Waals surface area contributed by atoms with E-state index in [1.54, 1.807) is 36.3 Å². The van der Waals surface area contributed by atoms with Crippen LogP contribution in [0.15, 0.2) is 48.8 Å². The zero-order valence-corrected chi connectivity index (χ0v) is 13.3. The molecule has 1 amide bonds. The largest absolute Gasteiger partial charge is 0.345 e. The number of hydrogen-bond donors (Lipinski definition) is 1. The third-order valence-electron chi connectivity index (χ3n) is 3.23. The molecule has 1 unspecified atom stereocenters. The first-order chi connectivity index (χ1) is 10.7. The fourth-order valence-electron chi connectivity index (χ4n) is 2.11. The zero-order chi connectivity index (χ0) is 15.8. The Morgan fingerprint density at radius 2 is 1.82 bits per heavy atom. The molecule has 1 aromatic heterocycles. The van der Waals surface area contributed by atoms with Crippen LogP contribution in [0.4, 0.5) is 4.39 Å². The van der Waals surface area contributed by atoms with Crippen molar-refractivity contribution in [2.45, 2.75) is 19.4 Å². The fraction of sp³-hybridized carbons (Fsp3) is 0.294. The molecule has 0 saturated heterocycles. The Balaban J connectivity index is 2.15. The molecule has 2 aromatic rings. The van der Waals surface area contributed by atoms with Gasteiger partial charge in [-0.3, -0.25) is 9.78 Å². The van der Waals surface area contributed by atoms with Crippen molar-refractivity contribution in [3.63, 3.8) is 0 Å². The molecule has 1 atom stereocenters. The number of aromatic nitrogens is 1. The smallest absolute Gasteiger partial charge is 0.221 e. The Hall–Kier alpha value is -1.88. The van der Waals surface area contributed by atoms with Crippen LogP contribution in [0.1, 0.15) is 30.5 Å². The van der Waals surface area contributed by atoms with Crippen LogP contribution in [0.2, 0.25) is 0 Å². The van der Waals surface area contributed by atoms with Crippen LogP contribution in [0.5, 0.6) is 0 Å². The highest BCUT2D eigenvalue weighted by molar-refractivity contribution is 7.99. The van der Waals surface area contributed by atoms with Gasteiger partial charge in [0.15, 0.2) is 0 Å². The van der Waals surface area contributed by atoms with Crippen LogP contribution in [-0.4, -0.2) is 22.4 Å². The van der Waals surface area contributed by atoms with Gasteiger partial charge in [0.25, 0.3) is 0 Å². The van der Waals surface area contributed by atoms with Crippen molar-refractivity contribution in [2.24, 2.45) is 0 Å². The van der Waals surface area contributed by atoms with E-state index in [9.17, 15) is 9.18 Å². The van der Waals surface area contributed by atoms with Gasteiger partial charge in [-0.05, 0) is 41.1 Å². The molecule has 22 heavy (non-hydrogen) atoms. The van der Waals surface area contributed by atoms with Crippen LogP contribution in [0.3, 0.4) is 0 Å². The molecule has 0 saturated carbocycles. The highest BCUT2D eigenvalue weighted by atomic mass is 32.2. The predicted octanol–water partition coefficient (Wildman–Crippen LogP) is 3.57. The van der Waals surface area contributed by atoms with Gasteiger partial charge in [-0.15, -0.1) is 0 Å². The van der Waals surface area contributed by atoms with Crippen molar-refractivity contribution in [1.29, 1.82) is 0 Å². The number of benzene rings is 1. The summed E-state index contributed by atoms with van der Waals surface area (Å²) in [4.78, 5) is 16.1. The molecular weight excluding hydrogens is 299 g/mol. The molecule has 1 heterocycles. The molecule has 1 aromatic carbocycles. The van der Waals surface area contributed by atoms with Gasteiger partial charge in [0, 0.05) is 24.6 Å². The molecule has 5 heteroatoms. The van der Waals surface area contributed by atoms with E-state index in [1.165, 1.54) is 12.1 Å². The maximum Gasteiger partial charge on any atom is 0.221 e. The van der Waals surface area contributed by atoms with E-state index in [2.05, 4.69) is 17.2 Å². The number of rotatable bonds is 7. The molecule has 116 valence electrons. The van der Waals surface area contributed by atoms with Gasteiger partial charge < -0.3 is 5.32 Å². The van der Waals surface area contributed by atoms with Crippen LogP contribution in [0.25, 0.3) is 0 Å². The summed E-state index contributed by atoms with van der Waals surface area (Å²) in [5, 5.41) is 3.03. The van der Waals surface area contributed by atoms with Crippen molar-refractivity contribution in [1.82, 2.24) is 10.3 Å². The summed E-state index contributed by atoms with van der Waals surface area (Å²) in [6.07, 6.45) is 3.84. The summed E-state index contributed by atoms with van der Waals surface area (Å²) < 4.78 is 13.1. The summed E-state index contributed by atoms with van der Waals surface area (Å²) in [5.74, 6) is 1.50. The maximum atomic E-state index is 13.1. The summed E-state index contributed by atoms with van der Waals surface area (Å²) in [7, 11) is 0. The average Bonchev–Trinajstić information content (AvgIpc) is 2.55. The molecule has 1 N–H and O–H groups in total. The van der Waals surface area contributed by atoms with Crippen LogP contribution >= 0.6 is 11.8 Å². The third-order valence-corrected chi connectivity index (χ3v) is 4.13. The van der Waals surface area contributed by atoms with E-state index in [-0.39, 0.29) is 17.8 Å². The molecule has 0 aliphatic rings. The lowest BCUT2D eigenvalue weighted by atomic mass is 9.99. The van der Waals surface area contributed by atoms with Crippen molar-refractivity contribution < 1.29 is 9.18 Å². The molecule has 2 rings (SSSR count). The van der Waals surface area contributed by atoms with Crippen molar-refractivity contribution in [2.75, 3.05) is 11.5 Å². The van der Waals surface area contributed by atoms with E-state index in [0.717, 1.165) is 22.6 Å². The van der Waals surface area contributed by atoms with E-state index in [0.29, 0.717) is 6.42 Å². The Kier molecular flexibility index (Phi) is 6.40. The topological polar surface area (TPSA) is 42.0 Å². The Morgan fingerprint density at radius 3 is 2.45 bits per heavy atom. The SMILES string of the molecule is CCSCCC(=O)NC(c1ccncc1)c1ccc(F)cc1. The van der Waals surface area contributed by atoms with Gasteiger partial charge in [-0.2, -0.15) is 11.8 Å². The minimum Gasteiger partial charge on any atom is -0.345 e. The molecule has 0 aliphatic carbocycles. The van der Waals surface area contributed by atoms with Crippen molar-refractivity contribution in [3.05, 3.63) is 65.7 Å². The first kappa shape index (κ1) is 16.5. The number of nitrogens with one attached hydrogen (secondary N) is 1. The summed E-state index contributed by atoms with van der Waals surface area (Å²) in [6, 6.07) is 9.63. The number of amides is 1. The lowest BCUT2D eigenvalue weighted by molar-refractivity contribution is -0.121. The van der Waals surface area contributed by atoms with E-state index in [4.69, 9.17) is 0 Å². The highest BCUT2D eigenvalue weighted by Gasteiger charge is 2.16. The second kappa shape index (κ2) is 8.54. The lowest BCUT2D eigenvalue weighted by Gasteiger charge is -2.19. The summed E-state index contributed by atoms with van der Waals surface area (Å²) in [5.41, 5.74) is 1.78. The van der Waals surface area contributed by atoms with Gasteiger partial charge in [-0.25, -0.2) is 4.39 Å². The molecule has 3 nitrogen and oxygen atoms in total. The van der Waals surface area contributed by atoms with E-state index < -0.39 is 0 Å². The molecular formula is C17H19FN2OS. The van der Waals surface area contributed by atoms with E-state index in [1.807, 2.05) is 12.1 Å². The Bertz CT molecular complexity index is 589. The predicted molar refractivity (Wildman–Crippen MR) is 88.2 cm³/mol. The van der Waals surface area contributed by atoms with Crippen molar-refractivity contribution >= 4 is 17.7 Å². The minimum atomic E-state index is -0.289. The van der Waals surface area contributed by atoms with E-state index >= 15 is 0 Å². The van der Waals surface area contributed by atoms with Gasteiger partial charge in [0.2, 0.25) is 5.91 Å². The third kappa shape index (κ3) is 4.84.